The highest BCUT2D eigenvalue weighted by Gasteiger charge is 2.44. The SMILES string of the molecule is CCCCC1(OC(C)=O)CCC2CCC(c3ccccc3)CC2N1.Cl. The Labute approximate surface area is 158 Å². The van der Waals surface area contributed by atoms with Crippen LogP contribution in [0.3, 0.4) is 0 Å². The maximum absolute atomic E-state index is 11.7. The van der Waals surface area contributed by atoms with Crippen LogP contribution in [0.1, 0.15) is 76.7 Å². The predicted molar refractivity (Wildman–Crippen MR) is 104 cm³/mol. The van der Waals surface area contributed by atoms with Crippen LogP contribution in [0.4, 0.5) is 0 Å². The normalized spacial score (nSPS) is 31.5. The molecule has 2 aliphatic rings. The summed E-state index contributed by atoms with van der Waals surface area (Å²) in [6, 6.07) is 11.3. The Bertz CT molecular complexity index is 550. The van der Waals surface area contributed by atoms with Gasteiger partial charge in [0.05, 0.1) is 0 Å². The van der Waals surface area contributed by atoms with E-state index < -0.39 is 5.72 Å². The van der Waals surface area contributed by atoms with E-state index in [-0.39, 0.29) is 18.4 Å². The fourth-order valence-electron chi connectivity index (χ4n) is 4.68. The third-order valence-electron chi connectivity index (χ3n) is 5.91. The molecule has 3 rings (SSSR count). The summed E-state index contributed by atoms with van der Waals surface area (Å²) < 4.78 is 5.82. The largest absolute Gasteiger partial charge is 0.444 e. The van der Waals surface area contributed by atoms with Gasteiger partial charge in [0.2, 0.25) is 0 Å². The molecule has 1 saturated heterocycles. The van der Waals surface area contributed by atoms with Gasteiger partial charge in [0.15, 0.2) is 5.72 Å². The van der Waals surface area contributed by atoms with Gasteiger partial charge in [-0.25, -0.2) is 0 Å². The van der Waals surface area contributed by atoms with Crippen molar-refractivity contribution in [3.63, 3.8) is 0 Å². The molecule has 1 N–H and O–H groups in total. The fourth-order valence-corrected chi connectivity index (χ4v) is 4.68. The molecule has 4 atom stereocenters. The van der Waals surface area contributed by atoms with E-state index in [4.69, 9.17) is 4.74 Å². The number of esters is 1. The van der Waals surface area contributed by atoms with Crippen LogP contribution in [0.5, 0.6) is 0 Å². The van der Waals surface area contributed by atoms with Crippen molar-refractivity contribution >= 4 is 18.4 Å². The highest BCUT2D eigenvalue weighted by molar-refractivity contribution is 5.85. The minimum Gasteiger partial charge on any atom is -0.444 e. The number of nitrogens with one attached hydrogen (secondary N) is 1. The molecule has 140 valence electrons. The number of ether oxygens (including phenoxy) is 1. The summed E-state index contributed by atoms with van der Waals surface area (Å²) in [6.45, 7) is 3.73. The second-order valence-electron chi connectivity index (χ2n) is 7.66. The van der Waals surface area contributed by atoms with E-state index in [0.717, 1.165) is 38.0 Å². The van der Waals surface area contributed by atoms with Gasteiger partial charge in [0.25, 0.3) is 0 Å². The van der Waals surface area contributed by atoms with Gasteiger partial charge < -0.3 is 4.74 Å². The van der Waals surface area contributed by atoms with Crippen molar-refractivity contribution in [3.8, 4) is 0 Å². The Morgan fingerprint density at radius 3 is 2.68 bits per heavy atom. The molecule has 0 bridgehead atoms. The van der Waals surface area contributed by atoms with Crippen LogP contribution in [-0.2, 0) is 9.53 Å². The Balaban J connectivity index is 0.00000225. The van der Waals surface area contributed by atoms with Crippen molar-refractivity contribution in [2.75, 3.05) is 0 Å². The first kappa shape index (κ1) is 20.3. The van der Waals surface area contributed by atoms with Gasteiger partial charge in [0.1, 0.15) is 0 Å². The van der Waals surface area contributed by atoms with E-state index in [1.165, 1.54) is 31.7 Å². The first-order valence-corrected chi connectivity index (χ1v) is 9.64. The van der Waals surface area contributed by atoms with Gasteiger partial charge >= 0.3 is 5.97 Å². The molecule has 4 unspecified atom stereocenters. The predicted octanol–water partition coefficient (Wildman–Crippen LogP) is 5.19. The number of hydrogen-bond donors (Lipinski definition) is 1. The molecule has 1 heterocycles. The summed E-state index contributed by atoms with van der Waals surface area (Å²) in [5.41, 5.74) is 1.02. The van der Waals surface area contributed by atoms with Crippen LogP contribution < -0.4 is 5.32 Å². The molecule has 1 aromatic rings. The van der Waals surface area contributed by atoms with Crippen molar-refractivity contribution < 1.29 is 9.53 Å². The number of carbonyl (C=O) groups is 1. The maximum Gasteiger partial charge on any atom is 0.304 e. The van der Waals surface area contributed by atoms with Gasteiger partial charge in [-0.05, 0) is 49.5 Å². The molecule has 0 amide bonds. The van der Waals surface area contributed by atoms with Crippen molar-refractivity contribution in [3.05, 3.63) is 35.9 Å². The van der Waals surface area contributed by atoms with E-state index in [1.54, 1.807) is 0 Å². The van der Waals surface area contributed by atoms with E-state index in [2.05, 4.69) is 42.6 Å². The second kappa shape index (κ2) is 9.05. The molecule has 1 saturated carbocycles. The van der Waals surface area contributed by atoms with Crippen LogP contribution in [-0.4, -0.2) is 17.7 Å². The third-order valence-corrected chi connectivity index (χ3v) is 5.91. The van der Waals surface area contributed by atoms with Crippen molar-refractivity contribution in [2.45, 2.75) is 82.9 Å². The smallest absolute Gasteiger partial charge is 0.304 e. The molecule has 0 spiro atoms. The first-order chi connectivity index (χ1) is 11.6. The molecule has 1 aromatic carbocycles. The summed E-state index contributed by atoms with van der Waals surface area (Å²) in [6.07, 6.45) is 9.01. The van der Waals surface area contributed by atoms with E-state index in [9.17, 15) is 4.79 Å². The van der Waals surface area contributed by atoms with E-state index in [1.807, 2.05) is 0 Å². The molecule has 4 heteroatoms. The molecule has 1 aliphatic carbocycles. The first-order valence-electron chi connectivity index (χ1n) is 9.64. The van der Waals surface area contributed by atoms with E-state index >= 15 is 0 Å². The monoisotopic (exact) mass is 365 g/mol. The topological polar surface area (TPSA) is 38.3 Å². The van der Waals surface area contributed by atoms with Gasteiger partial charge in [-0.1, -0.05) is 43.7 Å². The van der Waals surface area contributed by atoms with Crippen LogP contribution in [0.15, 0.2) is 30.3 Å². The minimum atomic E-state index is -0.429. The van der Waals surface area contributed by atoms with Crippen molar-refractivity contribution in [2.24, 2.45) is 5.92 Å². The number of benzene rings is 1. The second-order valence-corrected chi connectivity index (χ2v) is 7.66. The Morgan fingerprint density at radius 1 is 1.24 bits per heavy atom. The number of piperidine rings is 1. The quantitative estimate of drug-likeness (QED) is 0.729. The zero-order chi connectivity index (χ0) is 17.0. The Hall–Kier alpha value is -1.06. The molecule has 3 nitrogen and oxygen atoms in total. The summed E-state index contributed by atoms with van der Waals surface area (Å²) in [4.78, 5) is 11.7. The zero-order valence-electron chi connectivity index (χ0n) is 15.5. The van der Waals surface area contributed by atoms with Gasteiger partial charge in [-0.3, -0.25) is 10.1 Å². The van der Waals surface area contributed by atoms with Crippen LogP contribution >= 0.6 is 12.4 Å². The van der Waals surface area contributed by atoms with Crippen molar-refractivity contribution in [1.29, 1.82) is 0 Å². The van der Waals surface area contributed by atoms with Crippen LogP contribution in [0, 0.1) is 5.92 Å². The molecule has 0 radical (unpaired) electrons. The zero-order valence-corrected chi connectivity index (χ0v) is 16.3. The van der Waals surface area contributed by atoms with Gasteiger partial charge in [-0.2, -0.15) is 0 Å². The Morgan fingerprint density at radius 2 is 2.00 bits per heavy atom. The molecular weight excluding hydrogens is 334 g/mol. The number of carbonyl (C=O) groups excluding carboxylic acids is 1. The molecule has 0 aromatic heterocycles. The highest BCUT2D eigenvalue weighted by atomic mass is 35.5. The van der Waals surface area contributed by atoms with E-state index in [0.29, 0.717) is 12.0 Å². The number of hydrogen-bond acceptors (Lipinski definition) is 3. The Kier molecular flexibility index (Phi) is 7.33. The molecule has 2 fully saturated rings. The highest BCUT2D eigenvalue weighted by Crippen LogP contribution is 2.43. The lowest BCUT2D eigenvalue weighted by atomic mass is 9.70. The lowest BCUT2D eigenvalue weighted by Gasteiger charge is -2.48. The molecule has 25 heavy (non-hydrogen) atoms. The standard InChI is InChI=1S/C21H31NO2.ClH/c1-3-4-13-21(24-16(2)23)14-12-18-10-11-19(15-20(18)22-21)17-8-6-5-7-9-17;/h5-9,18-20,22H,3-4,10-15H2,1-2H3;1H. The van der Waals surface area contributed by atoms with Gasteiger partial charge in [-0.15, -0.1) is 12.4 Å². The number of rotatable bonds is 5. The van der Waals surface area contributed by atoms with Gasteiger partial charge in [0, 0.05) is 25.8 Å². The maximum atomic E-state index is 11.7. The lowest BCUT2D eigenvalue weighted by Crippen LogP contribution is -2.60. The number of fused-ring (bicyclic) bond motifs is 1. The number of unbranched alkanes of at least 4 members (excludes halogenated alkanes) is 1. The number of halogens is 1. The average Bonchev–Trinajstić information content (AvgIpc) is 2.59. The third kappa shape index (κ3) is 4.98. The van der Waals surface area contributed by atoms with Crippen molar-refractivity contribution in [1.82, 2.24) is 5.32 Å². The van der Waals surface area contributed by atoms with Crippen LogP contribution in [0.25, 0.3) is 0 Å². The summed E-state index contributed by atoms with van der Waals surface area (Å²) >= 11 is 0. The summed E-state index contributed by atoms with van der Waals surface area (Å²) in [5, 5.41) is 3.79. The fraction of sp³-hybridized carbons (Fsp3) is 0.667. The lowest BCUT2D eigenvalue weighted by molar-refractivity contribution is -0.170. The average molecular weight is 366 g/mol. The molecular formula is C21H32ClNO2. The summed E-state index contributed by atoms with van der Waals surface area (Å²) in [5.74, 6) is 1.20. The molecule has 1 aliphatic heterocycles. The minimum absolute atomic E-state index is 0. The summed E-state index contributed by atoms with van der Waals surface area (Å²) in [7, 11) is 0. The van der Waals surface area contributed by atoms with Crippen LogP contribution in [0.2, 0.25) is 0 Å².